The zero-order chi connectivity index (χ0) is 12.4. The van der Waals surface area contributed by atoms with Crippen LogP contribution >= 0.6 is 0 Å². The third-order valence-electron chi connectivity index (χ3n) is 3.25. The number of carbonyl (C=O) groups excluding carboxylic acids is 1. The van der Waals surface area contributed by atoms with Gasteiger partial charge in [-0.15, -0.1) is 5.10 Å². The van der Waals surface area contributed by atoms with Gasteiger partial charge in [0, 0.05) is 25.4 Å². The average molecular weight is 238 g/mol. The number of likely N-dealkylation sites (tertiary alicyclic amines) is 1. The normalized spacial score (nSPS) is 21.8. The number of H-pyrrole nitrogens is 1. The van der Waals surface area contributed by atoms with Crippen molar-refractivity contribution in [3.63, 3.8) is 0 Å². The smallest absolute Gasteiger partial charge is 0.293 e. The van der Waals surface area contributed by atoms with E-state index in [2.05, 4.69) is 15.2 Å². The number of aliphatic hydroxyl groups is 1. The molecule has 2 atom stereocenters. The van der Waals surface area contributed by atoms with Gasteiger partial charge in [0.15, 0.2) is 0 Å². The van der Waals surface area contributed by atoms with Gasteiger partial charge in [0.05, 0.1) is 6.10 Å². The molecule has 6 heteroatoms. The Morgan fingerprint density at radius 3 is 3.00 bits per heavy atom. The van der Waals surface area contributed by atoms with E-state index in [0.29, 0.717) is 13.1 Å². The van der Waals surface area contributed by atoms with Crippen molar-refractivity contribution in [1.82, 2.24) is 20.1 Å². The number of hydrogen-bond donors (Lipinski definition) is 2. The van der Waals surface area contributed by atoms with E-state index in [0.717, 1.165) is 18.7 Å². The van der Waals surface area contributed by atoms with Crippen molar-refractivity contribution in [2.45, 2.75) is 32.8 Å². The maximum Gasteiger partial charge on any atom is 0.293 e. The molecule has 2 N–H and O–H groups in total. The number of hydrogen-bond acceptors (Lipinski definition) is 4. The molecular weight excluding hydrogens is 220 g/mol. The fourth-order valence-corrected chi connectivity index (χ4v) is 2.06. The number of amides is 1. The standard InChI is InChI=1S/C11H18N4O2/c1-3-9-12-10(14-13-9)11(17)15-5-4-8(6-15)7(2)16/h7-8,16H,3-6H2,1-2H3,(H,12,13,14). The summed E-state index contributed by atoms with van der Waals surface area (Å²) in [6, 6.07) is 0. The number of nitrogens with zero attached hydrogens (tertiary/aromatic N) is 3. The number of nitrogens with one attached hydrogen (secondary N) is 1. The van der Waals surface area contributed by atoms with E-state index >= 15 is 0 Å². The van der Waals surface area contributed by atoms with Crippen LogP contribution in [0.15, 0.2) is 0 Å². The summed E-state index contributed by atoms with van der Waals surface area (Å²) in [5.74, 6) is 0.973. The molecule has 6 nitrogen and oxygen atoms in total. The van der Waals surface area contributed by atoms with Crippen LogP contribution in [0.1, 0.15) is 36.7 Å². The summed E-state index contributed by atoms with van der Waals surface area (Å²) in [5, 5.41) is 16.1. The Kier molecular flexibility index (Phi) is 3.42. The summed E-state index contributed by atoms with van der Waals surface area (Å²) in [7, 11) is 0. The number of aromatic amines is 1. The highest BCUT2D eigenvalue weighted by Crippen LogP contribution is 2.20. The predicted molar refractivity (Wildman–Crippen MR) is 61.5 cm³/mol. The highest BCUT2D eigenvalue weighted by molar-refractivity contribution is 5.90. The van der Waals surface area contributed by atoms with E-state index in [9.17, 15) is 9.90 Å². The molecule has 0 bridgehead atoms. The largest absolute Gasteiger partial charge is 0.393 e. The number of aliphatic hydroxyl groups excluding tert-OH is 1. The monoisotopic (exact) mass is 238 g/mol. The highest BCUT2D eigenvalue weighted by atomic mass is 16.3. The lowest BCUT2D eigenvalue weighted by Gasteiger charge is -2.15. The van der Waals surface area contributed by atoms with Crippen molar-refractivity contribution in [2.24, 2.45) is 5.92 Å². The molecule has 2 rings (SSSR count). The van der Waals surface area contributed by atoms with Crippen LogP contribution in [0.3, 0.4) is 0 Å². The number of aromatic nitrogens is 3. The second-order valence-electron chi connectivity index (χ2n) is 4.50. The van der Waals surface area contributed by atoms with Crippen molar-refractivity contribution in [3.05, 3.63) is 11.6 Å². The molecule has 1 aromatic heterocycles. The fraction of sp³-hybridized carbons (Fsp3) is 0.727. The van der Waals surface area contributed by atoms with Gasteiger partial charge in [0.2, 0.25) is 5.82 Å². The minimum atomic E-state index is -0.369. The molecule has 1 fully saturated rings. The fourth-order valence-electron chi connectivity index (χ4n) is 2.06. The zero-order valence-electron chi connectivity index (χ0n) is 10.2. The second-order valence-corrected chi connectivity index (χ2v) is 4.50. The molecule has 94 valence electrons. The van der Waals surface area contributed by atoms with Crippen LogP contribution in [0.4, 0.5) is 0 Å². The predicted octanol–water partition coefficient (Wildman–Crippen LogP) is 0.210. The first-order chi connectivity index (χ1) is 8.11. The summed E-state index contributed by atoms with van der Waals surface area (Å²) < 4.78 is 0. The first-order valence-corrected chi connectivity index (χ1v) is 6.00. The molecule has 2 heterocycles. The van der Waals surface area contributed by atoms with Crippen molar-refractivity contribution in [3.8, 4) is 0 Å². The van der Waals surface area contributed by atoms with Gasteiger partial charge < -0.3 is 10.0 Å². The molecule has 0 saturated carbocycles. The topological polar surface area (TPSA) is 82.1 Å². The van der Waals surface area contributed by atoms with E-state index in [1.54, 1.807) is 11.8 Å². The summed E-state index contributed by atoms with van der Waals surface area (Å²) >= 11 is 0. The minimum absolute atomic E-state index is 0.149. The van der Waals surface area contributed by atoms with Gasteiger partial charge in [-0.3, -0.25) is 9.89 Å². The number of rotatable bonds is 3. The third-order valence-corrected chi connectivity index (χ3v) is 3.25. The van der Waals surface area contributed by atoms with E-state index in [4.69, 9.17) is 0 Å². The Morgan fingerprint density at radius 1 is 1.71 bits per heavy atom. The van der Waals surface area contributed by atoms with Gasteiger partial charge in [0.1, 0.15) is 5.82 Å². The summed E-state index contributed by atoms with van der Waals surface area (Å²) in [4.78, 5) is 17.9. The molecule has 1 aliphatic rings. The average Bonchev–Trinajstić information content (AvgIpc) is 2.97. The van der Waals surface area contributed by atoms with Gasteiger partial charge in [-0.2, -0.15) is 0 Å². The van der Waals surface area contributed by atoms with Crippen LogP contribution in [0.2, 0.25) is 0 Å². The Morgan fingerprint density at radius 2 is 2.47 bits per heavy atom. The van der Waals surface area contributed by atoms with E-state index < -0.39 is 0 Å². The van der Waals surface area contributed by atoms with Crippen LogP contribution in [-0.2, 0) is 6.42 Å². The SMILES string of the molecule is CCc1nc(C(=O)N2CCC(C(C)O)C2)n[nH]1. The molecule has 1 amide bonds. The van der Waals surface area contributed by atoms with Crippen LogP contribution in [0, 0.1) is 5.92 Å². The highest BCUT2D eigenvalue weighted by Gasteiger charge is 2.31. The quantitative estimate of drug-likeness (QED) is 0.788. The summed E-state index contributed by atoms with van der Waals surface area (Å²) in [6.45, 7) is 4.98. The molecule has 0 aliphatic carbocycles. The van der Waals surface area contributed by atoms with Crippen LogP contribution in [0.25, 0.3) is 0 Å². The number of aryl methyl sites for hydroxylation is 1. The molecule has 0 spiro atoms. The molecule has 0 aromatic carbocycles. The van der Waals surface area contributed by atoms with Crippen LogP contribution < -0.4 is 0 Å². The van der Waals surface area contributed by atoms with E-state index in [1.165, 1.54) is 0 Å². The molecule has 17 heavy (non-hydrogen) atoms. The summed E-state index contributed by atoms with van der Waals surface area (Å²) in [6.07, 6.45) is 1.21. The van der Waals surface area contributed by atoms with Crippen molar-refractivity contribution < 1.29 is 9.90 Å². The number of carbonyl (C=O) groups is 1. The lowest BCUT2D eigenvalue weighted by atomic mass is 10.0. The summed E-state index contributed by atoms with van der Waals surface area (Å²) in [5.41, 5.74) is 0. The maximum atomic E-state index is 12.0. The zero-order valence-corrected chi connectivity index (χ0v) is 10.2. The van der Waals surface area contributed by atoms with Gasteiger partial charge in [-0.25, -0.2) is 4.98 Å². The Balaban J connectivity index is 2.01. The third kappa shape index (κ3) is 2.46. The molecule has 2 unspecified atom stereocenters. The first kappa shape index (κ1) is 12.0. The first-order valence-electron chi connectivity index (χ1n) is 6.00. The second kappa shape index (κ2) is 4.83. The minimum Gasteiger partial charge on any atom is -0.393 e. The van der Waals surface area contributed by atoms with Gasteiger partial charge in [-0.1, -0.05) is 6.92 Å². The van der Waals surface area contributed by atoms with Gasteiger partial charge >= 0.3 is 0 Å². The maximum absolute atomic E-state index is 12.0. The molecular formula is C11H18N4O2. The van der Waals surface area contributed by atoms with Crippen molar-refractivity contribution in [1.29, 1.82) is 0 Å². The van der Waals surface area contributed by atoms with Gasteiger partial charge in [0.25, 0.3) is 5.91 Å². The van der Waals surface area contributed by atoms with Crippen LogP contribution in [-0.4, -0.2) is 50.3 Å². The molecule has 1 aliphatic heterocycles. The molecule has 1 aromatic rings. The van der Waals surface area contributed by atoms with Crippen LogP contribution in [0.5, 0.6) is 0 Å². The Hall–Kier alpha value is -1.43. The molecule has 0 radical (unpaired) electrons. The lowest BCUT2D eigenvalue weighted by Crippen LogP contribution is -2.31. The van der Waals surface area contributed by atoms with Gasteiger partial charge in [-0.05, 0) is 13.3 Å². The van der Waals surface area contributed by atoms with E-state index in [-0.39, 0.29) is 23.8 Å². The molecule has 1 saturated heterocycles. The van der Waals surface area contributed by atoms with Crippen molar-refractivity contribution >= 4 is 5.91 Å². The van der Waals surface area contributed by atoms with E-state index in [1.807, 2.05) is 6.92 Å². The van der Waals surface area contributed by atoms with Crippen molar-refractivity contribution in [2.75, 3.05) is 13.1 Å². The Labute approximate surface area is 100 Å². The Bertz CT molecular complexity index is 402. The lowest BCUT2D eigenvalue weighted by molar-refractivity contribution is 0.0751.